The van der Waals surface area contributed by atoms with E-state index < -0.39 is 0 Å². The molecular weight excluding hydrogens is 502 g/mol. The van der Waals surface area contributed by atoms with Crippen LogP contribution in [0.15, 0.2) is 53.6 Å². The lowest BCUT2D eigenvalue weighted by Crippen LogP contribution is -2.07. The Morgan fingerprint density at radius 3 is 2.32 bits per heavy atom. The van der Waals surface area contributed by atoms with E-state index in [4.69, 9.17) is 67.5 Å². The minimum Gasteiger partial charge on any atom is -0.493 e. The molecule has 0 atom stereocenters. The standard InChI is InChI=1S/C22H17Cl5N2O2/c1-30-21-8-13(10-28-29-11-16-17(24)3-2-4-18(16)25)7-20(27)22(21)31-12-14-5-6-15(23)9-19(14)26/h2-10,29H,11-12H2,1H3/b28-10+. The van der Waals surface area contributed by atoms with Gasteiger partial charge in [0, 0.05) is 31.2 Å². The lowest BCUT2D eigenvalue weighted by molar-refractivity contribution is 0.285. The van der Waals surface area contributed by atoms with E-state index in [1.165, 1.54) is 7.11 Å². The smallest absolute Gasteiger partial charge is 0.180 e. The van der Waals surface area contributed by atoms with E-state index in [0.29, 0.717) is 43.2 Å². The minimum absolute atomic E-state index is 0.208. The second-order valence-electron chi connectivity index (χ2n) is 6.35. The molecule has 3 aromatic carbocycles. The summed E-state index contributed by atoms with van der Waals surface area (Å²) in [6, 6.07) is 14.0. The number of methoxy groups -OCH3 is 1. The number of halogens is 5. The molecule has 0 radical (unpaired) electrons. The number of nitrogens with one attached hydrogen (secondary N) is 1. The largest absolute Gasteiger partial charge is 0.493 e. The first-order valence-corrected chi connectivity index (χ1v) is 10.9. The predicted octanol–water partition coefficient (Wildman–Crippen LogP) is 7.66. The number of hydrazone groups is 1. The van der Waals surface area contributed by atoms with Crippen LogP contribution in [0.25, 0.3) is 0 Å². The summed E-state index contributed by atoms with van der Waals surface area (Å²) in [4.78, 5) is 0. The van der Waals surface area contributed by atoms with Crippen LogP contribution in [0.4, 0.5) is 0 Å². The number of hydrogen-bond donors (Lipinski definition) is 1. The third-order valence-electron chi connectivity index (χ3n) is 4.26. The molecule has 4 nitrogen and oxygen atoms in total. The third kappa shape index (κ3) is 6.34. The van der Waals surface area contributed by atoms with Crippen molar-refractivity contribution in [2.45, 2.75) is 13.2 Å². The fourth-order valence-corrected chi connectivity index (χ4v) is 3.96. The van der Waals surface area contributed by atoms with Gasteiger partial charge in [-0.3, -0.25) is 0 Å². The number of ether oxygens (including phenoxy) is 2. The summed E-state index contributed by atoms with van der Waals surface area (Å²) in [5.74, 6) is 0.872. The summed E-state index contributed by atoms with van der Waals surface area (Å²) in [6.07, 6.45) is 1.61. The fourth-order valence-electron chi connectivity index (χ4n) is 2.69. The molecule has 31 heavy (non-hydrogen) atoms. The summed E-state index contributed by atoms with van der Waals surface area (Å²) in [5.41, 5.74) is 5.18. The Hall–Kier alpha value is -1.82. The van der Waals surface area contributed by atoms with Crippen LogP contribution in [0.2, 0.25) is 25.1 Å². The molecule has 0 aliphatic rings. The van der Waals surface area contributed by atoms with Crippen molar-refractivity contribution < 1.29 is 9.47 Å². The first-order chi connectivity index (χ1) is 14.9. The maximum absolute atomic E-state index is 6.42. The highest BCUT2D eigenvalue weighted by Crippen LogP contribution is 2.37. The lowest BCUT2D eigenvalue weighted by atomic mass is 10.2. The maximum atomic E-state index is 6.42. The molecule has 0 spiro atoms. The van der Waals surface area contributed by atoms with Crippen LogP contribution >= 0.6 is 58.0 Å². The molecule has 162 valence electrons. The van der Waals surface area contributed by atoms with Crippen LogP contribution < -0.4 is 14.9 Å². The van der Waals surface area contributed by atoms with Gasteiger partial charge in [-0.15, -0.1) is 0 Å². The summed E-state index contributed by atoms with van der Waals surface area (Å²) in [5, 5.41) is 6.78. The predicted molar refractivity (Wildman–Crippen MR) is 130 cm³/mol. The van der Waals surface area contributed by atoms with Gasteiger partial charge in [0.1, 0.15) is 6.61 Å². The Bertz CT molecular complexity index is 1090. The molecule has 0 saturated heterocycles. The van der Waals surface area contributed by atoms with Gasteiger partial charge in [0.2, 0.25) is 0 Å². The molecule has 0 bridgehead atoms. The highest BCUT2D eigenvalue weighted by Gasteiger charge is 2.13. The van der Waals surface area contributed by atoms with Crippen LogP contribution in [0, 0.1) is 0 Å². The van der Waals surface area contributed by atoms with E-state index in [0.717, 1.165) is 16.7 Å². The van der Waals surface area contributed by atoms with Crippen molar-refractivity contribution >= 4 is 64.2 Å². The molecule has 9 heteroatoms. The van der Waals surface area contributed by atoms with Crippen molar-refractivity contribution in [1.82, 2.24) is 5.43 Å². The SMILES string of the molecule is COc1cc(/C=N/NCc2c(Cl)cccc2Cl)cc(Cl)c1OCc1ccc(Cl)cc1Cl. The maximum Gasteiger partial charge on any atom is 0.180 e. The fraction of sp³-hybridized carbons (Fsp3) is 0.136. The summed E-state index contributed by atoms with van der Waals surface area (Å²) in [7, 11) is 1.53. The first-order valence-electron chi connectivity index (χ1n) is 9.02. The first kappa shape index (κ1) is 23.8. The van der Waals surface area contributed by atoms with Crippen molar-refractivity contribution in [1.29, 1.82) is 0 Å². The number of benzene rings is 3. The summed E-state index contributed by atoms with van der Waals surface area (Å²) >= 11 is 30.9. The van der Waals surface area contributed by atoms with Crippen molar-refractivity contribution in [3.63, 3.8) is 0 Å². The van der Waals surface area contributed by atoms with Gasteiger partial charge in [-0.1, -0.05) is 70.1 Å². The Balaban J connectivity index is 1.69. The van der Waals surface area contributed by atoms with E-state index in [-0.39, 0.29) is 6.61 Å². The second kappa shape index (κ2) is 11.2. The zero-order valence-electron chi connectivity index (χ0n) is 16.3. The van der Waals surface area contributed by atoms with Crippen molar-refractivity contribution in [3.05, 3.63) is 90.3 Å². The molecule has 0 aliphatic carbocycles. The molecule has 0 aromatic heterocycles. The van der Waals surface area contributed by atoms with Gasteiger partial charge in [0.05, 0.1) is 24.9 Å². The van der Waals surface area contributed by atoms with Crippen LogP contribution in [-0.4, -0.2) is 13.3 Å². The Labute approximate surface area is 205 Å². The molecule has 0 unspecified atom stereocenters. The molecule has 3 rings (SSSR count). The van der Waals surface area contributed by atoms with Gasteiger partial charge >= 0.3 is 0 Å². The van der Waals surface area contributed by atoms with Gasteiger partial charge in [0.15, 0.2) is 11.5 Å². The van der Waals surface area contributed by atoms with Gasteiger partial charge in [-0.25, -0.2) is 0 Å². The molecule has 0 amide bonds. The molecule has 1 N–H and O–H groups in total. The normalized spacial score (nSPS) is 11.0. The Kier molecular flexibility index (Phi) is 8.58. The van der Waals surface area contributed by atoms with Crippen molar-refractivity contribution in [2.24, 2.45) is 5.10 Å². The Morgan fingerprint density at radius 1 is 0.903 bits per heavy atom. The van der Waals surface area contributed by atoms with Gasteiger partial charge in [-0.2, -0.15) is 5.10 Å². The number of nitrogens with zero attached hydrogens (tertiary/aromatic N) is 1. The van der Waals surface area contributed by atoms with Crippen molar-refractivity contribution in [3.8, 4) is 11.5 Å². The van der Waals surface area contributed by atoms with Crippen LogP contribution in [0.3, 0.4) is 0 Å². The van der Waals surface area contributed by atoms with E-state index in [1.807, 2.05) is 0 Å². The Morgan fingerprint density at radius 2 is 1.65 bits per heavy atom. The lowest BCUT2D eigenvalue weighted by Gasteiger charge is -2.14. The van der Waals surface area contributed by atoms with Crippen LogP contribution in [0.1, 0.15) is 16.7 Å². The van der Waals surface area contributed by atoms with E-state index >= 15 is 0 Å². The zero-order chi connectivity index (χ0) is 22.4. The summed E-state index contributed by atoms with van der Waals surface area (Å²) in [6.45, 7) is 0.586. The molecule has 0 saturated carbocycles. The quantitative estimate of drug-likeness (QED) is 0.246. The average molecular weight is 519 g/mol. The van der Waals surface area contributed by atoms with Crippen LogP contribution in [0.5, 0.6) is 11.5 Å². The van der Waals surface area contributed by atoms with E-state index in [2.05, 4.69) is 10.5 Å². The molecule has 0 heterocycles. The molecular formula is C22H17Cl5N2O2. The molecule has 0 fully saturated rings. The second-order valence-corrected chi connectivity index (χ2v) is 8.42. The van der Waals surface area contributed by atoms with E-state index in [1.54, 1.807) is 54.7 Å². The van der Waals surface area contributed by atoms with E-state index in [9.17, 15) is 0 Å². The number of rotatable bonds is 8. The zero-order valence-corrected chi connectivity index (χ0v) is 20.0. The number of hydrogen-bond acceptors (Lipinski definition) is 4. The van der Waals surface area contributed by atoms with Gasteiger partial charge in [-0.05, 0) is 42.0 Å². The molecule has 3 aromatic rings. The monoisotopic (exact) mass is 516 g/mol. The van der Waals surface area contributed by atoms with Gasteiger partial charge in [0.25, 0.3) is 0 Å². The molecule has 0 aliphatic heterocycles. The minimum atomic E-state index is 0.208. The average Bonchev–Trinajstić information content (AvgIpc) is 2.73. The van der Waals surface area contributed by atoms with Gasteiger partial charge < -0.3 is 14.9 Å². The highest BCUT2D eigenvalue weighted by molar-refractivity contribution is 6.36. The van der Waals surface area contributed by atoms with Crippen molar-refractivity contribution in [2.75, 3.05) is 7.11 Å². The third-order valence-corrected chi connectivity index (χ3v) is 5.84. The van der Waals surface area contributed by atoms with Crippen LogP contribution in [-0.2, 0) is 13.2 Å². The topological polar surface area (TPSA) is 42.8 Å². The highest BCUT2D eigenvalue weighted by atomic mass is 35.5. The summed E-state index contributed by atoms with van der Waals surface area (Å²) < 4.78 is 11.3.